The van der Waals surface area contributed by atoms with Gasteiger partial charge in [0.25, 0.3) is 19.4 Å². The molecule has 0 fully saturated rings. The first-order valence-electron chi connectivity index (χ1n) is 1.48. The van der Waals surface area contributed by atoms with E-state index in [4.69, 9.17) is 29.7 Å². The van der Waals surface area contributed by atoms with Crippen LogP contribution in [0.5, 0.6) is 0 Å². The summed E-state index contributed by atoms with van der Waals surface area (Å²) < 4.78 is 0. The molecule has 3 N–H and O–H groups in total. The van der Waals surface area contributed by atoms with Crippen LogP contribution in [0.1, 0.15) is 0 Å². The molecule has 7 heteroatoms. The molecule has 0 saturated carbocycles. The first-order chi connectivity index (χ1) is 4.24. The predicted octanol–water partition coefficient (Wildman–Crippen LogP) is -0.898. The van der Waals surface area contributed by atoms with E-state index in [1.165, 1.54) is 0 Å². The number of rotatable bonds is 0. The molecule has 0 spiro atoms. The van der Waals surface area contributed by atoms with Crippen molar-refractivity contribution >= 4 is 19.4 Å². The third-order valence-electron chi connectivity index (χ3n) is 0. The van der Waals surface area contributed by atoms with Crippen LogP contribution in [0.4, 0.5) is 0 Å². The van der Waals surface area contributed by atoms with Gasteiger partial charge in [-0.15, -0.1) is 0 Å². The van der Waals surface area contributed by atoms with Crippen molar-refractivity contribution in [2.24, 2.45) is 0 Å². The molecule has 0 aliphatic carbocycles. The quantitative estimate of drug-likeness (QED) is 0.500. The average molecular weight is 311 g/mol. The van der Waals surface area contributed by atoms with Gasteiger partial charge in [0.2, 0.25) is 0 Å². The van der Waals surface area contributed by atoms with Crippen molar-refractivity contribution in [3.63, 3.8) is 0 Å². The van der Waals surface area contributed by atoms with Gasteiger partial charge in [0.15, 0.2) is 0 Å². The van der Waals surface area contributed by atoms with E-state index in [0.29, 0.717) is 0 Å². The monoisotopic (exact) mass is 312 g/mol. The Morgan fingerprint density at radius 2 is 0.700 bits per heavy atom. The molecule has 0 aromatic carbocycles. The summed E-state index contributed by atoms with van der Waals surface area (Å²) in [6.45, 7) is -0.750. The summed E-state index contributed by atoms with van der Waals surface area (Å²) in [5, 5.41) is 20.7. The minimum Gasteiger partial charge on any atom is -0.483 e. The second-order valence-electron chi connectivity index (χ2n) is 0.316. The average Bonchev–Trinajstić information content (AvgIpc) is 1.70. The molecular formula is C3H6O6Yb. The van der Waals surface area contributed by atoms with Crippen molar-refractivity contribution in [2.75, 3.05) is 0 Å². The fraction of sp³-hybridized carbons (Fsp3) is 0. The Morgan fingerprint density at radius 3 is 0.700 bits per heavy atom. The van der Waals surface area contributed by atoms with Crippen molar-refractivity contribution in [3.05, 3.63) is 0 Å². The Labute approximate surface area is 95.1 Å². The molecule has 0 unspecified atom stereocenters. The van der Waals surface area contributed by atoms with E-state index >= 15 is 0 Å². The van der Waals surface area contributed by atoms with Crippen LogP contribution in [-0.4, -0.2) is 34.7 Å². The van der Waals surface area contributed by atoms with E-state index in [1.54, 1.807) is 0 Å². The molecule has 6 nitrogen and oxygen atoms in total. The van der Waals surface area contributed by atoms with Crippen molar-refractivity contribution in [3.8, 4) is 0 Å². The van der Waals surface area contributed by atoms with E-state index in [0.717, 1.165) is 0 Å². The Kier molecular flexibility index (Phi) is 147. The zero-order valence-corrected chi connectivity index (χ0v) is 6.28. The molecule has 0 aromatic heterocycles. The molecule has 0 heterocycles. The summed E-state index contributed by atoms with van der Waals surface area (Å²) in [5.74, 6) is 0. The maximum absolute atomic E-state index is 8.36. The molecule has 0 rings (SSSR count). The van der Waals surface area contributed by atoms with Crippen LogP contribution in [0, 0.1) is 46.9 Å². The predicted molar refractivity (Wildman–Crippen MR) is 26.1 cm³/mol. The summed E-state index contributed by atoms with van der Waals surface area (Å²) in [5.41, 5.74) is 0. The van der Waals surface area contributed by atoms with Gasteiger partial charge in [0.05, 0.1) is 0 Å². The SMILES string of the molecule is O=CO.O=CO.O=CO.[Yb]. The number of hydrogen-bond donors (Lipinski definition) is 3. The van der Waals surface area contributed by atoms with Gasteiger partial charge in [-0.2, -0.15) is 0 Å². The van der Waals surface area contributed by atoms with Gasteiger partial charge in [0.1, 0.15) is 0 Å². The van der Waals surface area contributed by atoms with Crippen LogP contribution in [0.2, 0.25) is 0 Å². The summed E-state index contributed by atoms with van der Waals surface area (Å²) in [7, 11) is 0. The first kappa shape index (κ1) is 22.5. The molecule has 0 aromatic rings. The van der Waals surface area contributed by atoms with Gasteiger partial charge in [-0.1, -0.05) is 0 Å². The number of carboxylic acid groups (broad SMARTS) is 3. The largest absolute Gasteiger partial charge is 0.483 e. The van der Waals surface area contributed by atoms with E-state index in [-0.39, 0.29) is 66.3 Å². The maximum Gasteiger partial charge on any atom is 0.290 e. The molecular weight excluding hydrogens is 305 g/mol. The molecule has 0 aliphatic heterocycles. The fourth-order valence-corrected chi connectivity index (χ4v) is 0. The molecule has 0 radical (unpaired) electrons. The van der Waals surface area contributed by atoms with E-state index < -0.39 is 0 Å². The molecule has 0 bridgehead atoms. The Morgan fingerprint density at radius 1 is 0.700 bits per heavy atom. The summed E-state index contributed by atoms with van der Waals surface area (Å²) >= 11 is 0. The molecule has 0 aliphatic rings. The minimum absolute atomic E-state index is 0. The zero-order chi connectivity index (χ0) is 8.12. The van der Waals surface area contributed by atoms with Gasteiger partial charge >= 0.3 is 0 Å². The third-order valence-corrected chi connectivity index (χ3v) is 0. The standard InChI is InChI=1S/3CH2O2.Yb/c3*2-1-3;/h3*1H,(H,2,3);. The van der Waals surface area contributed by atoms with Crippen molar-refractivity contribution in [1.29, 1.82) is 0 Å². The summed E-state index contributed by atoms with van der Waals surface area (Å²) in [6, 6.07) is 0. The smallest absolute Gasteiger partial charge is 0.290 e. The Balaban J connectivity index is -0.0000000257. The van der Waals surface area contributed by atoms with E-state index in [1.807, 2.05) is 0 Å². The summed E-state index contributed by atoms with van der Waals surface area (Å²) in [6.07, 6.45) is 0. The molecule has 0 amide bonds. The van der Waals surface area contributed by atoms with E-state index in [9.17, 15) is 0 Å². The van der Waals surface area contributed by atoms with Gasteiger partial charge < -0.3 is 15.3 Å². The molecule has 0 saturated heterocycles. The van der Waals surface area contributed by atoms with Crippen molar-refractivity contribution in [1.82, 2.24) is 0 Å². The fourth-order valence-electron chi connectivity index (χ4n) is 0. The minimum atomic E-state index is -0.250. The van der Waals surface area contributed by atoms with Gasteiger partial charge in [-0.3, -0.25) is 14.4 Å². The maximum atomic E-state index is 8.36. The Hall–Kier alpha value is -0.0705. The first-order valence-corrected chi connectivity index (χ1v) is 1.48. The second kappa shape index (κ2) is 65.4. The van der Waals surface area contributed by atoms with Gasteiger partial charge in [0, 0.05) is 46.9 Å². The van der Waals surface area contributed by atoms with Crippen LogP contribution in [-0.2, 0) is 14.4 Å². The van der Waals surface area contributed by atoms with Gasteiger partial charge in [-0.25, -0.2) is 0 Å². The summed E-state index contributed by atoms with van der Waals surface area (Å²) in [4.78, 5) is 25.1. The van der Waals surface area contributed by atoms with E-state index in [2.05, 4.69) is 0 Å². The number of hydrogen-bond acceptors (Lipinski definition) is 3. The molecule has 0 atom stereocenters. The van der Waals surface area contributed by atoms with Crippen LogP contribution in [0.25, 0.3) is 0 Å². The van der Waals surface area contributed by atoms with Crippen LogP contribution in [0.15, 0.2) is 0 Å². The third kappa shape index (κ3) is 76600. The molecule has 10 heavy (non-hydrogen) atoms. The van der Waals surface area contributed by atoms with Crippen LogP contribution in [0.3, 0.4) is 0 Å². The van der Waals surface area contributed by atoms with Crippen molar-refractivity contribution in [2.45, 2.75) is 0 Å². The Bertz CT molecular complexity index is 49.7. The van der Waals surface area contributed by atoms with Gasteiger partial charge in [-0.05, 0) is 0 Å². The van der Waals surface area contributed by atoms with Crippen LogP contribution >= 0.6 is 0 Å². The zero-order valence-electron chi connectivity index (χ0n) is 4.57. The topological polar surface area (TPSA) is 112 Å². The number of carbonyl (C=O) groups is 3. The molecule has 68 valence electrons. The second-order valence-corrected chi connectivity index (χ2v) is 0.316. The van der Waals surface area contributed by atoms with Crippen LogP contribution < -0.4 is 0 Å². The van der Waals surface area contributed by atoms with Crippen molar-refractivity contribution < 1.29 is 76.6 Å². The normalized spacial score (nSPS) is 3.60.